The first kappa shape index (κ1) is 7.77. The molecular weight excluding hydrogens is 152 g/mol. The van der Waals surface area contributed by atoms with Gasteiger partial charge >= 0.3 is 0 Å². The van der Waals surface area contributed by atoms with E-state index in [2.05, 4.69) is 0 Å². The van der Waals surface area contributed by atoms with Crippen LogP contribution in [-0.2, 0) is 4.74 Å². The summed E-state index contributed by atoms with van der Waals surface area (Å²) in [5.41, 5.74) is 2.13. The van der Waals surface area contributed by atoms with Crippen LogP contribution in [0.3, 0.4) is 0 Å². The molecule has 12 heavy (non-hydrogen) atoms. The molecule has 0 aromatic heterocycles. The van der Waals surface area contributed by atoms with Crippen molar-refractivity contribution in [2.45, 2.75) is 19.1 Å². The largest absolute Gasteiger partial charge is 0.386 e. The van der Waals surface area contributed by atoms with Crippen LogP contribution >= 0.6 is 0 Å². The number of ether oxygens (including phenoxy) is 1. The van der Waals surface area contributed by atoms with E-state index in [0.717, 1.165) is 5.56 Å². The van der Waals surface area contributed by atoms with Crippen LogP contribution in [0, 0.1) is 6.92 Å². The molecule has 0 radical (unpaired) electrons. The van der Waals surface area contributed by atoms with Gasteiger partial charge in [0.1, 0.15) is 12.2 Å². The predicted molar refractivity (Wildman–Crippen MR) is 45.9 cm³/mol. The van der Waals surface area contributed by atoms with Crippen LogP contribution in [0.15, 0.2) is 24.3 Å². The van der Waals surface area contributed by atoms with E-state index in [1.54, 1.807) is 0 Å². The van der Waals surface area contributed by atoms with Crippen LogP contribution in [0.5, 0.6) is 0 Å². The van der Waals surface area contributed by atoms with Crippen molar-refractivity contribution in [3.05, 3.63) is 35.4 Å². The second-order valence-corrected chi connectivity index (χ2v) is 3.23. The number of rotatable bonds is 2. The Labute approximate surface area is 71.8 Å². The Morgan fingerprint density at radius 1 is 1.58 bits per heavy atom. The van der Waals surface area contributed by atoms with Gasteiger partial charge in [-0.25, -0.2) is 0 Å². The average Bonchev–Trinajstić information content (AvgIpc) is 2.85. The zero-order chi connectivity index (χ0) is 8.55. The van der Waals surface area contributed by atoms with E-state index in [9.17, 15) is 5.11 Å². The molecule has 0 aliphatic carbocycles. The van der Waals surface area contributed by atoms with Gasteiger partial charge in [0.25, 0.3) is 0 Å². The third-order valence-electron chi connectivity index (χ3n) is 2.09. The van der Waals surface area contributed by atoms with Crippen molar-refractivity contribution in [1.29, 1.82) is 0 Å². The summed E-state index contributed by atoms with van der Waals surface area (Å²) in [6.07, 6.45) is -0.406. The third-order valence-corrected chi connectivity index (χ3v) is 2.09. The fourth-order valence-corrected chi connectivity index (χ4v) is 1.31. The summed E-state index contributed by atoms with van der Waals surface area (Å²) in [5, 5.41) is 9.66. The molecule has 1 aliphatic heterocycles. The van der Waals surface area contributed by atoms with Crippen molar-refractivity contribution < 1.29 is 9.84 Å². The molecule has 1 aromatic rings. The highest BCUT2D eigenvalue weighted by atomic mass is 16.6. The van der Waals surface area contributed by atoms with Gasteiger partial charge in [-0.3, -0.25) is 0 Å². The van der Waals surface area contributed by atoms with Gasteiger partial charge in [0.05, 0.1) is 6.61 Å². The maximum absolute atomic E-state index is 9.66. The van der Waals surface area contributed by atoms with Gasteiger partial charge in [-0.15, -0.1) is 0 Å². The molecule has 0 amide bonds. The SMILES string of the molecule is Cc1cccc(C(O)C2CO2)c1. The van der Waals surface area contributed by atoms with Crippen LogP contribution in [0.1, 0.15) is 17.2 Å². The van der Waals surface area contributed by atoms with E-state index in [1.807, 2.05) is 31.2 Å². The lowest BCUT2D eigenvalue weighted by molar-refractivity contribution is 0.137. The van der Waals surface area contributed by atoms with E-state index in [1.165, 1.54) is 5.56 Å². The molecule has 1 fully saturated rings. The van der Waals surface area contributed by atoms with E-state index in [4.69, 9.17) is 4.74 Å². The third kappa shape index (κ3) is 1.49. The number of epoxide rings is 1. The van der Waals surface area contributed by atoms with Crippen molar-refractivity contribution in [3.8, 4) is 0 Å². The standard InChI is InChI=1S/C10H12O2/c1-7-3-2-4-8(5-7)10(11)9-6-12-9/h2-5,9-11H,6H2,1H3. The maximum Gasteiger partial charge on any atom is 0.111 e. The molecule has 2 heteroatoms. The van der Waals surface area contributed by atoms with Crippen molar-refractivity contribution >= 4 is 0 Å². The highest BCUT2D eigenvalue weighted by Crippen LogP contribution is 2.27. The number of hydrogen-bond acceptors (Lipinski definition) is 2. The summed E-state index contributed by atoms with van der Waals surface area (Å²) in [7, 11) is 0. The summed E-state index contributed by atoms with van der Waals surface area (Å²) in [4.78, 5) is 0. The predicted octanol–water partition coefficient (Wildman–Crippen LogP) is 1.43. The van der Waals surface area contributed by atoms with E-state index in [-0.39, 0.29) is 6.10 Å². The number of hydrogen-bond donors (Lipinski definition) is 1. The van der Waals surface area contributed by atoms with E-state index >= 15 is 0 Å². The monoisotopic (exact) mass is 164 g/mol. The second-order valence-electron chi connectivity index (χ2n) is 3.23. The van der Waals surface area contributed by atoms with Gasteiger partial charge in [0, 0.05) is 0 Å². The molecule has 2 unspecified atom stereocenters. The van der Waals surface area contributed by atoms with Gasteiger partial charge < -0.3 is 9.84 Å². The lowest BCUT2D eigenvalue weighted by atomic mass is 10.1. The lowest BCUT2D eigenvalue weighted by Crippen LogP contribution is -2.04. The van der Waals surface area contributed by atoms with Crippen molar-refractivity contribution in [3.63, 3.8) is 0 Å². The normalized spacial score (nSPS) is 23.7. The zero-order valence-electron chi connectivity index (χ0n) is 7.03. The average molecular weight is 164 g/mol. The van der Waals surface area contributed by atoms with E-state index in [0.29, 0.717) is 6.61 Å². The molecule has 0 bridgehead atoms. The zero-order valence-corrected chi connectivity index (χ0v) is 7.03. The minimum atomic E-state index is -0.440. The van der Waals surface area contributed by atoms with Crippen LogP contribution in [0.25, 0.3) is 0 Å². The molecule has 1 aromatic carbocycles. The molecular formula is C10H12O2. The second kappa shape index (κ2) is 2.88. The summed E-state index contributed by atoms with van der Waals surface area (Å²) in [5.74, 6) is 0. The molecule has 2 atom stereocenters. The Balaban J connectivity index is 2.20. The topological polar surface area (TPSA) is 32.8 Å². The summed E-state index contributed by atoms with van der Waals surface area (Å²) < 4.78 is 5.01. The van der Waals surface area contributed by atoms with Crippen LogP contribution in [-0.4, -0.2) is 17.8 Å². The first-order valence-corrected chi connectivity index (χ1v) is 4.13. The quantitative estimate of drug-likeness (QED) is 0.671. The molecule has 1 N–H and O–H groups in total. The Morgan fingerprint density at radius 3 is 2.92 bits per heavy atom. The smallest absolute Gasteiger partial charge is 0.111 e. The molecule has 2 rings (SSSR count). The minimum Gasteiger partial charge on any atom is -0.386 e. The highest BCUT2D eigenvalue weighted by Gasteiger charge is 2.32. The Hall–Kier alpha value is -0.860. The molecule has 0 spiro atoms. The Kier molecular flexibility index (Phi) is 1.87. The van der Waals surface area contributed by atoms with Gasteiger partial charge in [0.2, 0.25) is 0 Å². The van der Waals surface area contributed by atoms with E-state index < -0.39 is 6.10 Å². The summed E-state index contributed by atoms with van der Waals surface area (Å²) in [6, 6.07) is 7.89. The molecule has 0 saturated carbocycles. The molecule has 1 aliphatic rings. The van der Waals surface area contributed by atoms with Crippen LogP contribution in [0.4, 0.5) is 0 Å². The molecule has 1 heterocycles. The van der Waals surface area contributed by atoms with Crippen molar-refractivity contribution in [2.24, 2.45) is 0 Å². The fraction of sp³-hybridized carbons (Fsp3) is 0.400. The fourth-order valence-electron chi connectivity index (χ4n) is 1.31. The number of aliphatic hydroxyl groups is 1. The Bertz CT molecular complexity index is 279. The molecule has 64 valence electrons. The molecule has 2 nitrogen and oxygen atoms in total. The van der Waals surface area contributed by atoms with Gasteiger partial charge in [-0.1, -0.05) is 29.8 Å². The summed E-state index contributed by atoms with van der Waals surface area (Å²) in [6.45, 7) is 2.71. The van der Waals surface area contributed by atoms with Crippen LogP contribution < -0.4 is 0 Å². The molecule has 1 saturated heterocycles. The summed E-state index contributed by atoms with van der Waals surface area (Å²) >= 11 is 0. The highest BCUT2D eigenvalue weighted by molar-refractivity contribution is 5.25. The number of aryl methyl sites for hydroxylation is 1. The lowest BCUT2D eigenvalue weighted by Gasteiger charge is -2.07. The van der Waals surface area contributed by atoms with Crippen molar-refractivity contribution in [1.82, 2.24) is 0 Å². The number of aliphatic hydroxyl groups excluding tert-OH is 1. The van der Waals surface area contributed by atoms with Crippen LogP contribution in [0.2, 0.25) is 0 Å². The van der Waals surface area contributed by atoms with Gasteiger partial charge in [-0.2, -0.15) is 0 Å². The van der Waals surface area contributed by atoms with Gasteiger partial charge in [0.15, 0.2) is 0 Å². The maximum atomic E-state index is 9.66. The number of benzene rings is 1. The first-order valence-electron chi connectivity index (χ1n) is 4.13. The minimum absolute atomic E-state index is 0.0341. The Morgan fingerprint density at radius 2 is 2.33 bits per heavy atom. The van der Waals surface area contributed by atoms with Gasteiger partial charge in [-0.05, 0) is 12.5 Å². The first-order chi connectivity index (χ1) is 5.77. The van der Waals surface area contributed by atoms with Crippen molar-refractivity contribution in [2.75, 3.05) is 6.61 Å².